The Morgan fingerprint density at radius 2 is 1.83 bits per heavy atom. The summed E-state index contributed by atoms with van der Waals surface area (Å²) < 4.78 is 0. The van der Waals surface area contributed by atoms with Crippen LogP contribution < -0.4 is 0 Å². The molecule has 0 unspecified atom stereocenters. The van der Waals surface area contributed by atoms with Crippen molar-refractivity contribution in [1.29, 1.82) is 0 Å². The Hall–Kier alpha value is -1.52. The molecule has 0 amide bonds. The van der Waals surface area contributed by atoms with Crippen LogP contribution in [0.25, 0.3) is 0 Å². The third-order valence-corrected chi connectivity index (χ3v) is 3.68. The second kappa shape index (κ2) is 5.42. The SMILES string of the molecule is Cc1ccc(Sc2ccc(Cl)cc2)c([N+](=O)[O-])c1. The van der Waals surface area contributed by atoms with Gasteiger partial charge in [-0.05, 0) is 42.8 Å². The highest BCUT2D eigenvalue weighted by atomic mass is 35.5. The predicted octanol–water partition coefficient (Wildman–Crippen LogP) is 4.71. The monoisotopic (exact) mass is 279 g/mol. The number of nitrogens with zero attached hydrogens (tertiary/aromatic N) is 1. The topological polar surface area (TPSA) is 43.1 Å². The van der Waals surface area contributed by atoms with E-state index >= 15 is 0 Å². The number of nitro benzene ring substituents is 1. The van der Waals surface area contributed by atoms with Gasteiger partial charge in [-0.2, -0.15) is 0 Å². The fraction of sp³-hybridized carbons (Fsp3) is 0.0769. The highest BCUT2D eigenvalue weighted by Gasteiger charge is 2.14. The molecular weight excluding hydrogens is 270 g/mol. The van der Waals surface area contributed by atoms with Crippen LogP contribution in [0.5, 0.6) is 0 Å². The van der Waals surface area contributed by atoms with Crippen LogP contribution in [0.4, 0.5) is 5.69 Å². The Kier molecular flexibility index (Phi) is 3.89. The van der Waals surface area contributed by atoms with Gasteiger partial charge in [0.2, 0.25) is 0 Å². The lowest BCUT2D eigenvalue weighted by Crippen LogP contribution is -1.91. The minimum atomic E-state index is -0.356. The minimum Gasteiger partial charge on any atom is -0.258 e. The molecule has 0 N–H and O–H groups in total. The van der Waals surface area contributed by atoms with Gasteiger partial charge in [0, 0.05) is 16.0 Å². The second-order valence-electron chi connectivity index (χ2n) is 3.78. The van der Waals surface area contributed by atoms with E-state index in [9.17, 15) is 10.1 Å². The van der Waals surface area contributed by atoms with Crippen molar-refractivity contribution < 1.29 is 4.92 Å². The first-order valence-corrected chi connectivity index (χ1v) is 6.44. The molecule has 0 aliphatic rings. The second-order valence-corrected chi connectivity index (χ2v) is 5.34. The van der Waals surface area contributed by atoms with Crippen LogP contribution in [0.2, 0.25) is 5.02 Å². The molecule has 0 atom stereocenters. The van der Waals surface area contributed by atoms with E-state index in [-0.39, 0.29) is 10.6 Å². The van der Waals surface area contributed by atoms with Crippen LogP contribution >= 0.6 is 23.4 Å². The third kappa shape index (κ3) is 3.03. The zero-order valence-corrected chi connectivity index (χ0v) is 11.2. The number of nitro groups is 1. The normalized spacial score (nSPS) is 10.3. The highest BCUT2D eigenvalue weighted by Crippen LogP contribution is 2.35. The molecule has 0 aliphatic carbocycles. The summed E-state index contributed by atoms with van der Waals surface area (Å²) in [7, 11) is 0. The van der Waals surface area contributed by atoms with E-state index in [1.165, 1.54) is 11.8 Å². The van der Waals surface area contributed by atoms with Crippen molar-refractivity contribution in [2.45, 2.75) is 16.7 Å². The number of halogens is 1. The van der Waals surface area contributed by atoms with Crippen molar-refractivity contribution in [3.8, 4) is 0 Å². The summed E-state index contributed by atoms with van der Waals surface area (Å²) in [5, 5.41) is 11.6. The van der Waals surface area contributed by atoms with Crippen LogP contribution in [0.1, 0.15) is 5.56 Å². The van der Waals surface area contributed by atoms with Gasteiger partial charge >= 0.3 is 0 Å². The summed E-state index contributed by atoms with van der Waals surface area (Å²) in [4.78, 5) is 12.2. The smallest absolute Gasteiger partial charge is 0.258 e. The van der Waals surface area contributed by atoms with Crippen LogP contribution in [0.15, 0.2) is 52.3 Å². The zero-order chi connectivity index (χ0) is 13.1. The Morgan fingerprint density at radius 3 is 2.44 bits per heavy atom. The summed E-state index contributed by atoms with van der Waals surface area (Å²) >= 11 is 7.16. The van der Waals surface area contributed by atoms with E-state index in [0.29, 0.717) is 9.92 Å². The molecular formula is C13H10ClNO2S. The number of hydrogen-bond donors (Lipinski definition) is 0. The Bertz CT molecular complexity index is 584. The molecule has 0 saturated carbocycles. The first-order valence-electron chi connectivity index (χ1n) is 5.25. The molecule has 0 aromatic heterocycles. The maximum atomic E-state index is 11.0. The summed E-state index contributed by atoms with van der Waals surface area (Å²) in [6.45, 7) is 1.84. The van der Waals surface area contributed by atoms with Gasteiger partial charge in [0.15, 0.2) is 0 Å². The molecule has 3 nitrogen and oxygen atoms in total. The molecule has 18 heavy (non-hydrogen) atoms. The van der Waals surface area contributed by atoms with Gasteiger partial charge in [-0.3, -0.25) is 10.1 Å². The highest BCUT2D eigenvalue weighted by molar-refractivity contribution is 7.99. The standard InChI is InChI=1S/C13H10ClNO2S/c1-9-2-7-13(12(8-9)15(16)17)18-11-5-3-10(14)4-6-11/h2-8H,1H3. The van der Waals surface area contributed by atoms with Gasteiger partial charge < -0.3 is 0 Å². The lowest BCUT2D eigenvalue weighted by atomic mass is 10.2. The molecule has 0 heterocycles. The number of aryl methyl sites for hydroxylation is 1. The van der Waals surface area contributed by atoms with Crippen LogP contribution in [0, 0.1) is 17.0 Å². The summed E-state index contributed by atoms with van der Waals surface area (Å²) in [6, 6.07) is 12.4. The van der Waals surface area contributed by atoms with E-state index in [1.54, 1.807) is 24.3 Å². The first kappa shape index (κ1) is 12.9. The summed E-state index contributed by atoms with van der Waals surface area (Å²) in [6.07, 6.45) is 0. The average molecular weight is 280 g/mol. The fourth-order valence-corrected chi connectivity index (χ4v) is 2.51. The van der Waals surface area contributed by atoms with Crippen molar-refractivity contribution in [3.05, 3.63) is 63.2 Å². The minimum absolute atomic E-state index is 0.134. The molecule has 92 valence electrons. The van der Waals surface area contributed by atoms with Crippen molar-refractivity contribution in [1.82, 2.24) is 0 Å². The molecule has 2 rings (SSSR count). The van der Waals surface area contributed by atoms with Crippen molar-refractivity contribution in [3.63, 3.8) is 0 Å². The summed E-state index contributed by atoms with van der Waals surface area (Å²) in [5.41, 5.74) is 1.01. The maximum Gasteiger partial charge on any atom is 0.283 e. The molecule has 0 spiro atoms. The van der Waals surface area contributed by atoms with Crippen LogP contribution in [-0.4, -0.2) is 4.92 Å². The van der Waals surface area contributed by atoms with Crippen molar-refractivity contribution in [2.75, 3.05) is 0 Å². The Morgan fingerprint density at radius 1 is 1.17 bits per heavy atom. The predicted molar refractivity (Wildman–Crippen MR) is 73.4 cm³/mol. The lowest BCUT2D eigenvalue weighted by molar-refractivity contribution is -0.387. The molecule has 0 saturated heterocycles. The van der Waals surface area contributed by atoms with Crippen LogP contribution in [-0.2, 0) is 0 Å². The van der Waals surface area contributed by atoms with Crippen molar-refractivity contribution in [2.24, 2.45) is 0 Å². The van der Waals surface area contributed by atoms with Gasteiger partial charge in [0.05, 0.1) is 9.82 Å². The van der Waals surface area contributed by atoms with E-state index in [2.05, 4.69) is 0 Å². The van der Waals surface area contributed by atoms with Crippen LogP contribution in [0.3, 0.4) is 0 Å². The van der Waals surface area contributed by atoms with E-state index < -0.39 is 0 Å². The Labute approximate surface area is 114 Å². The number of benzene rings is 2. The van der Waals surface area contributed by atoms with E-state index in [1.807, 2.05) is 25.1 Å². The molecule has 0 bridgehead atoms. The third-order valence-electron chi connectivity index (χ3n) is 2.35. The fourth-order valence-electron chi connectivity index (χ4n) is 1.49. The van der Waals surface area contributed by atoms with Gasteiger partial charge in [0.1, 0.15) is 0 Å². The number of rotatable bonds is 3. The molecule has 2 aromatic rings. The molecule has 0 fully saturated rings. The molecule has 0 aliphatic heterocycles. The molecule has 0 radical (unpaired) electrons. The van der Waals surface area contributed by atoms with Crippen molar-refractivity contribution >= 4 is 29.1 Å². The van der Waals surface area contributed by atoms with Gasteiger partial charge in [-0.15, -0.1) is 0 Å². The molecule has 5 heteroatoms. The lowest BCUT2D eigenvalue weighted by Gasteiger charge is -2.04. The average Bonchev–Trinajstić information content (AvgIpc) is 2.34. The van der Waals surface area contributed by atoms with Gasteiger partial charge in [-0.1, -0.05) is 29.4 Å². The Balaban J connectivity index is 2.34. The van der Waals surface area contributed by atoms with E-state index in [0.717, 1.165) is 10.5 Å². The molecule has 2 aromatic carbocycles. The number of hydrogen-bond acceptors (Lipinski definition) is 3. The summed E-state index contributed by atoms with van der Waals surface area (Å²) in [5.74, 6) is 0. The first-order chi connectivity index (χ1) is 8.56. The van der Waals surface area contributed by atoms with Gasteiger partial charge in [0.25, 0.3) is 5.69 Å². The van der Waals surface area contributed by atoms with E-state index in [4.69, 9.17) is 11.6 Å². The quantitative estimate of drug-likeness (QED) is 0.604. The maximum absolute atomic E-state index is 11.0. The zero-order valence-electron chi connectivity index (χ0n) is 9.59. The van der Waals surface area contributed by atoms with Gasteiger partial charge in [-0.25, -0.2) is 0 Å². The largest absolute Gasteiger partial charge is 0.283 e.